The summed E-state index contributed by atoms with van der Waals surface area (Å²) in [6.07, 6.45) is 0. The van der Waals surface area contributed by atoms with Gasteiger partial charge in [0.2, 0.25) is 10.0 Å². The van der Waals surface area contributed by atoms with Gasteiger partial charge in [0.15, 0.2) is 5.75 Å². The number of sulfonamides is 1. The van der Waals surface area contributed by atoms with Crippen LogP contribution in [0.3, 0.4) is 0 Å². The Labute approximate surface area is 92.1 Å². The summed E-state index contributed by atoms with van der Waals surface area (Å²) in [5.41, 5.74) is 0. The van der Waals surface area contributed by atoms with Gasteiger partial charge in [-0.2, -0.15) is 5.26 Å². The van der Waals surface area contributed by atoms with E-state index >= 15 is 0 Å². The maximum absolute atomic E-state index is 11.2. The number of hydrogen-bond donors (Lipinski definition) is 1. The molecular weight excluding hydrogens is 214 g/mol. The molecule has 0 rings (SSSR count). The molecule has 0 aromatic heterocycles. The van der Waals surface area contributed by atoms with Gasteiger partial charge in [-0.15, -0.1) is 0 Å². The van der Waals surface area contributed by atoms with Crippen molar-refractivity contribution >= 4 is 10.0 Å². The number of rotatable bonds is 7. The molecule has 0 saturated carbocycles. The number of hydrogen-bond acceptors (Lipinski definition) is 4. The molecule has 0 aliphatic heterocycles. The average Bonchev–Trinajstić information content (AvgIpc) is 2.13. The minimum Gasteiger partial charge on any atom is -0.302 e. The molecule has 0 aromatic rings. The molecule has 1 N–H and O–H groups in total. The van der Waals surface area contributed by atoms with Gasteiger partial charge >= 0.3 is 0 Å². The highest BCUT2D eigenvalue weighted by atomic mass is 32.2. The van der Waals surface area contributed by atoms with Crippen LogP contribution < -0.4 is 4.72 Å². The lowest BCUT2D eigenvalue weighted by molar-refractivity contribution is 0.282. The first-order valence-corrected chi connectivity index (χ1v) is 6.69. The van der Waals surface area contributed by atoms with Crippen molar-refractivity contribution in [2.24, 2.45) is 0 Å². The summed E-state index contributed by atoms with van der Waals surface area (Å²) in [4.78, 5) is 2.12. The van der Waals surface area contributed by atoms with Crippen LogP contribution in [-0.4, -0.2) is 44.7 Å². The summed E-state index contributed by atoms with van der Waals surface area (Å²) in [5.74, 6) is -0.477. The van der Waals surface area contributed by atoms with E-state index in [1.807, 2.05) is 13.8 Å². The standard InChI is InChI=1S/C9H19N3O2S/c1-4-12(5-2)8-9(3)11-15(13,14)7-6-10/h9,11H,4-5,7-8H2,1-3H3. The molecule has 0 aliphatic rings. The van der Waals surface area contributed by atoms with E-state index < -0.39 is 15.8 Å². The van der Waals surface area contributed by atoms with Crippen molar-refractivity contribution in [1.82, 2.24) is 9.62 Å². The second-order valence-corrected chi connectivity index (χ2v) is 5.18. The van der Waals surface area contributed by atoms with E-state index in [1.165, 1.54) is 0 Å². The van der Waals surface area contributed by atoms with Crippen LogP contribution in [0.4, 0.5) is 0 Å². The lowest BCUT2D eigenvalue weighted by Crippen LogP contribution is -2.42. The molecule has 0 spiro atoms. The van der Waals surface area contributed by atoms with Gasteiger partial charge in [-0.25, -0.2) is 13.1 Å². The fourth-order valence-electron chi connectivity index (χ4n) is 1.34. The van der Waals surface area contributed by atoms with Crippen LogP contribution in [0.5, 0.6) is 0 Å². The van der Waals surface area contributed by atoms with Crippen molar-refractivity contribution in [2.75, 3.05) is 25.4 Å². The molecule has 88 valence electrons. The second kappa shape index (κ2) is 6.77. The van der Waals surface area contributed by atoms with E-state index in [2.05, 4.69) is 9.62 Å². The van der Waals surface area contributed by atoms with Crippen LogP contribution in [0.1, 0.15) is 20.8 Å². The zero-order valence-corrected chi connectivity index (χ0v) is 10.3. The Bertz CT molecular complexity index is 304. The first-order chi connectivity index (χ1) is 6.95. The van der Waals surface area contributed by atoms with E-state index in [1.54, 1.807) is 13.0 Å². The minimum absolute atomic E-state index is 0.164. The van der Waals surface area contributed by atoms with Gasteiger partial charge in [0.05, 0.1) is 6.07 Å². The molecule has 6 heteroatoms. The predicted molar refractivity (Wildman–Crippen MR) is 59.8 cm³/mol. The second-order valence-electron chi connectivity index (χ2n) is 3.42. The summed E-state index contributed by atoms with van der Waals surface area (Å²) >= 11 is 0. The number of nitrogens with one attached hydrogen (secondary N) is 1. The van der Waals surface area contributed by atoms with E-state index in [0.29, 0.717) is 6.54 Å². The normalized spacial score (nSPS) is 13.8. The summed E-state index contributed by atoms with van der Waals surface area (Å²) < 4.78 is 25.0. The lowest BCUT2D eigenvalue weighted by atomic mass is 10.3. The third-order valence-electron chi connectivity index (χ3n) is 2.06. The lowest BCUT2D eigenvalue weighted by Gasteiger charge is -2.22. The fourth-order valence-corrected chi connectivity index (χ4v) is 2.28. The van der Waals surface area contributed by atoms with Crippen LogP contribution in [0, 0.1) is 11.3 Å². The van der Waals surface area contributed by atoms with Gasteiger partial charge in [0.1, 0.15) is 0 Å². The molecule has 1 unspecified atom stereocenters. The molecule has 1 atom stereocenters. The monoisotopic (exact) mass is 233 g/mol. The van der Waals surface area contributed by atoms with Crippen molar-refractivity contribution in [3.8, 4) is 6.07 Å². The third kappa shape index (κ3) is 6.44. The summed E-state index contributed by atoms with van der Waals surface area (Å²) in [7, 11) is -3.43. The van der Waals surface area contributed by atoms with Gasteiger partial charge in [0, 0.05) is 12.6 Å². The van der Waals surface area contributed by atoms with Crippen LogP contribution in [0.25, 0.3) is 0 Å². The Morgan fingerprint density at radius 3 is 2.33 bits per heavy atom. The predicted octanol–water partition coefficient (Wildman–Crippen LogP) is 0.160. The van der Waals surface area contributed by atoms with Gasteiger partial charge in [-0.3, -0.25) is 0 Å². The van der Waals surface area contributed by atoms with Crippen molar-refractivity contribution in [1.29, 1.82) is 5.26 Å². The molecule has 0 aromatic carbocycles. The zero-order chi connectivity index (χ0) is 11.9. The Morgan fingerprint density at radius 2 is 1.93 bits per heavy atom. The Morgan fingerprint density at radius 1 is 1.40 bits per heavy atom. The maximum Gasteiger partial charge on any atom is 0.225 e. The molecule has 0 radical (unpaired) electrons. The minimum atomic E-state index is -3.43. The molecular formula is C9H19N3O2S. The largest absolute Gasteiger partial charge is 0.302 e. The highest BCUT2D eigenvalue weighted by molar-refractivity contribution is 7.89. The van der Waals surface area contributed by atoms with Crippen molar-refractivity contribution in [3.05, 3.63) is 0 Å². The first-order valence-electron chi connectivity index (χ1n) is 5.04. The molecule has 0 aliphatic carbocycles. The Kier molecular flexibility index (Phi) is 6.48. The van der Waals surface area contributed by atoms with E-state index in [9.17, 15) is 8.42 Å². The summed E-state index contributed by atoms with van der Waals surface area (Å²) in [6.45, 7) is 8.30. The molecule has 5 nitrogen and oxygen atoms in total. The Hall–Kier alpha value is -0.640. The fraction of sp³-hybridized carbons (Fsp3) is 0.889. The van der Waals surface area contributed by atoms with Gasteiger partial charge in [0.25, 0.3) is 0 Å². The van der Waals surface area contributed by atoms with Gasteiger partial charge in [-0.05, 0) is 20.0 Å². The smallest absolute Gasteiger partial charge is 0.225 e. The highest BCUT2D eigenvalue weighted by Crippen LogP contribution is 1.94. The first kappa shape index (κ1) is 14.4. The van der Waals surface area contributed by atoms with Crippen LogP contribution >= 0.6 is 0 Å². The summed E-state index contributed by atoms with van der Waals surface area (Å²) in [6, 6.07) is 1.47. The van der Waals surface area contributed by atoms with E-state index in [4.69, 9.17) is 5.26 Å². The molecule has 0 fully saturated rings. The molecule has 0 saturated heterocycles. The number of nitriles is 1. The zero-order valence-electron chi connectivity index (χ0n) is 9.52. The van der Waals surface area contributed by atoms with Crippen molar-refractivity contribution in [2.45, 2.75) is 26.8 Å². The molecule has 0 heterocycles. The average molecular weight is 233 g/mol. The van der Waals surface area contributed by atoms with Crippen molar-refractivity contribution < 1.29 is 8.42 Å². The topological polar surface area (TPSA) is 73.2 Å². The van der Waals surface area contributed by atoms with Crippen LogP contribution in [-0.2, 0) is 10.0 Å². The number of likely N-dealkylation sites (N-methyl/N-ethyl adjacent to an activating group) is 1. The van der Waals surface area contributed by atoms with E-state index in [0.717, 1.165) is 13.1 Å². The molecule has 0 bridgehead atoms. The van der Waals surface area contributed by atoms with Gasteiger partial charge in [-0.1, -0.05) is 13.8 Å². The quantitative estimate of drug-likeness (QED) is 0.680. The van der Waals surface area contributed by atoms with E-state index in [-0.39, 0.29) is 6.04 Å². The number of nitrogens with zero attached hydrogens (tertiary/aromatic N) is 2. The van der Waals surface area contributed by atoms with Crippen LogP contribution in [0.15, 0.2) is 0 Å². The maximum atomic E-state index is 11.2. The Balaban J connectivity index is 4.14. The van der Waals surface area contributed by atoms with Gasteiger partial charge < -0.3 is 4.90 Å². The highest BCUT2D eigenvalue weighted by Gasteiger charge is 2.15. The molecule has 15 heavy (non-hydrogen) atoms. The summed E-state index contributed by atoms with van der Waals surface area (Å²) in [5, 5.41) is 8.31. The van der Waals surface area contributed by atoms with Crippen LogP contribution in [0.2, 0.25) is 0 Å². The third-order valence-corrected chi connectivity index (χ3v) is 3.33. The van der Waals surface area contributed by atoms with Crippen molar-refractivity contribution in [3.63, 3.8) is 0 Å². The SMILES string of the molecule is CCN(CC)CC(C)NS(=O)(=O)CC#N. The molecule has 0 amide bonds.